The highest BCUT2D eigenvalue weighted by atomic mass is 16.3. The molecule has 0 spiro atoms. The summed E-state index contributed by atoms with van der Waals surface area (Å²) in [6, 6.07) is 0.672. The Balaban J connectivity index is 0.800. The van der Waals surface area contributed by atoms with Crippen LogP contribution in [0.15, 0.2) is 11.1 Å². The van der Waals surface area contributed by atoms with Crippen LogP contribution >= 0.6 is 0 Å². The Morgan fingerprint density at radius 2 is 1.50 bits per heavy atom. The van der Waals surface area contributed by atoms with Crippen molar-refractivity contribution < 1.29 is 19.5 Å². The maximum absolute atomic E-state index is 13.3. The van der Waals surface area contributed by atoms with E-state index in [1.54, 1.807) is 4.90 Å². The van der Waals surface area contributed by atoms with Gasteiger partial charge in [-0.2, -0.15) is 0 Å². The molecule has 4 saturated carbocycles. The first-order valence-electron chi connectivity index (χ1n) is 22.1. The van der Waals surface area contributed by atoms with Crippen LogP contribution in [0.1, 0.15) is 142 Å². The Hall–Kier alpha value is -1.81. The van der Waals surface area contributed by atoms with E-state index >= 15 is 0 Å². The van der Waals surface area contributed by atoms with Crippen LogP contribution in [0.2, 0.25) is 0 Å². The minimum Gasteiger partial charge on any atom is -0.393 e. The van der Waals surface area contributed by atoms with Crippen molar-refractivity contribution in [3.63, 3.8) is 0 Å². The molecule has 0 aromatic carbocycles. The Bertz CT molecular complexity index is 1240. The lowest BCUT2D eigenvalue weighted by Crippen LogP contribution is -2.53. The Morgan fingerprint density at radius 3 is 2.19 bits per heavy atom. The number of imide groups is 1. The molecule has 7 fully saturated rings. The summed E-state index contributed by atoms with van der Waals surface area (Å²) < 4.78 is 0. The molecule has 4 atom stereocenters. The summed E-state index contributed by atoms with van der Waals surface area (Å²) in [4.78, 5) is 44.6. The minimum absolute atomic E-state index is 0.0174. The van der Waals surface area contributed by atoms with Crippen LogP contribution in [0.5, 0.6) is 0 Å². The first-order chi connectivity index (χ1) is 25.4. The van der Waals surface area contributed by atoms with Crippen LogP contribution in [-0.4, -0.2) is 108 Å². The molecule has 0 radical (unpaired) electrons. The first-order valence-corrected chi connectivity index (χ1v) is 22.1. The number of unbranched alkanes of at least 4 members (excludes halogenated alkanes) is 1. The van der Waals surface area contributed by atoms with Crippen LogP contribution < -0.4 is 10.6 Å². The van der Waals surface area contributed by atoms with Gasteiger partial charge in [0.1, 0.15) is 6.04 Å². The van der Waals surface area contributed by atoms with Gasteiger partial charge in [-0.3, -0.25) is 24.6 Å². The predicted octanol–water partition coefficient (Wildman–Crippen LogP) is 5.80. The zero-order valence-corrected chi connectivity index (χ0v) is 32.5. The number of fused-ring (bicyclic) bond motifs is 1. The second kappa shape index (κ2) is 18.2. The third-order valence-electron chi connectivity index (χ3n) is 15.0. The van der Waals surface area contributed by atoms with Gasteiger partial charge in [-0.05, 0) is 146 Å². The predicted molar refractivity (Wildman–Crippen MR) is 205 cm³/mol. The molecule has 3 N–H and O–H groups in total. The number of allylic oxidation sites excluding steroid dienone is 2. The van der Waals surface area contributed by atoms with Gasteiger partial charge in [-0.15, -0.1) is 0 Å². The molecule has 0 aromatic rings. The van der Waals surface area contributed by atoms with Crippen LogP contribution in [-0.2, 0) is 14.4 Å². The van der Waals surface area contributed by atoms with E-state index in [2.05, 4.69) is 27.4 Å². The van der Waals surface area contributed by atoms with E-state index in [0.717, 1.165) is 62.4 Å². The fraction of sp³-hybridized carbons (Fsp3) is 0.884. The average molecular weight is 722 g/mol. The van der Waals surface area contributed by atoms with E-state index in [9.17, 15) is 19.5 Å². The molecule has 3 heterocycles. The molecule has 4 aliphatic carbocycles. The maximum Gasteiger partial charge on any atom is 0.249 e. The average Bonchev–Trinajstić information content (AvgIpc) is 3.49. The van der Waals surface area contributed by atoms with Crippen molar-refractivity contribution in [1.82, 2.24) is 25.3 Å². The van der Waals surface area contributed by atoms with Gasteiger partial charge in [0, 0.05) is 57.1 Å². The Labute approximate surface area is 314 Å². The molecule has 292 valence electrons. The van der Waals surface area contributed by atoms with E-state index in [-0.39, 0.29) is 29.7 Å². The van der Waals surface area contributed by atoms with E-state index in [4.69, 9.17) is 0 Å². The number of nitrogens with zero attached hydrogens (tertiary/aromatic N) is 3. The van der Waals surface area contributed by atoms with Crippen molar-refractivity contribution in [2.24, 2.45) is 29.6 Å². The third-order valence-corrected chi connectivity index (χ3v) is 15.0. The summed E-state index contributed by atoms with van der Waals surface area (Å²) in [5.41, 5.74) is 3.76. The second-order valence-electron chi connectivity index (χ2n) is 18.1. The van der Waals surface area contributed by atoms with Crippen LogP contribution in [0.3, 0.4) is 0 Å². The number of aliphatic hydroxyl groups is 1. The molecule has 9 heteroatoms. The number of amides is 3. The number of piperidine rings is 1. The fourth-order valence-electron chi connectivity index (χ4n) is 12.1. The zero-order chi connectivity index (χ0) is 36.0. The number of hydrogen-bond donors (Lipinski definition) is 3. The summed E-state index contributed by atoms with van der Waals surface area (Å²) in [7, 11) is 0. The van der Waals surface area contributed by atoms with Crippen molar-refractivity contribution in [3.8, 4) is 0 Å². The fourth-order valence-corrected chi connectivity index (χ4v) is 12.1. The molecule has 3 saturated heterocycles. The molecule has 7 rings (SSSR count). The molecule has 0 bridgehead atoms. The molecule has 4 unspecified atom stereocenters. The summed E-state index contributed by atoms with van der Waals surface area (Å²) in [6.45, 7) is 10.1. The van der Waals surface area contributed by atoms with Gasteiger partial charge in [0.15, 0.2) is 0 Å². The smallest absolute Gasteiger partial charge is 0.249 e. The molecular weight excluding hydrogens is 651 g/mol. The largest absolute Gasteiger partial charge is 0.393 e. The lowest BCUT2D eigenvalue weighted by atomic mass is 9.67. The van der Waals surface area contributed by atoms with E-state index in [1.165, 1.54) is 123 Å². The number of aliphatic hydroxyl groups excluding tert-OH is 1. The van der Waals surface area contributed by atoms with Crippen molar-refractivity contribution >= 4 is 17.7 Å². The van der Waals surface area contributed by atoms with Crippen molar-refractivity contribution in [2.45, 2.75) is 166 Å². The summed E-state index contributed by atoms with van der Waals surface area (Å²) in [6.07, 6.45) is 24.3. The number of likely N-dealkylation sites (tertiary alicyclic amines) is 1. The highest BCUT2D eigenvalue weighted by Crippen LogP contribution is 2.46. The van der Waals surface area contributed by atoms with E-state index in [1.807, 2.05) is 11.1 Å². The Morgan fingerprint density at radius 1 is 0.788 bits per heavy atom. The van der Waals surface area contributed by atoms with Gasteiger partial charge >= 0.3 is 0 Å². The molecule has 0 aromatic heterocycles. The van der Waals surface area contributed by atoms with E-state index < -0.39 is 6.04 Å². The van der Waals surface area contributed by atoms with Gasteiger partial charge in [-0.1, -0.05) is 37.3 Å². The molecule has 3 amide bonds. The van der Waals surface area contributed by atoms with Crippen LogP contribution in [0, 0.1) is 29.6 Å². The number of piperazine rings is 1. The Kier molecular flexibility index (Phi) is 13.5. The number of rotatable bonds is 12. The van der Waals surface area contributed by atoms with Crippen LogP contribution in [0.25, 0.3) is 0 Å². The lowest BCUT2D eigenvalue weighted by Gasteiger charge is -2.44. The number of carbonyl (C=O) groups is 3. The van der Waals surface area contributed by atoms with Crippen molar-refractivity contribution in [2.75, 3.05) is 45.8 Å². The first kappa shape index (κ1) is 38.5. The molecule has 7 aliphatic rings. The molecule has 9 nitrogen and oxygen atoms in total. The summed E-state index contributed by atoms with van der Waals surface area (Å²) in [5.74, 6) is 2.31. The monoisotopic (exact) mass is 722 g/mol. The highest BCUT2D eigenvalue weighted by Gasteiger charge is 2.48. The van der Waals surface area contributed by atoms with Gasteiger partial charge in [-0.25, -0.2) is 0 Å². The molecule has 3 aliphatic heterocycles. The van der Waals surface area contributed by atoms with Crippen molar-refractivity contribution in [3.05, 3.63) is 11.1 Å². The number of hydrogen-bond acceptors (Lipinski definition) is 7. The quantitative estimate of drug-likeness (QED) is 0.133. The topological polar surface area (TPSA) is 105 Å². The third kappa shape index (κ3) is 9.17. The SMILES string of the molecule is CC/C(=C(\C1CCC(O)CC1)C1CCC(N2CCN(CCCCNC3CCC4CN(C5CCC(=O)NC5=O)C(=O)C4C3)CC2)CC1)C1CCCCC1. The summed E-state index contributed by atoms with van der Waals surface area (Å²) in [5, 5.41) is 16.5. The lowest BCUT2D eigenvalue weighted by molar-refractivity contribution is -0.144. The number of carbonyl (C=O) groups excluding carboxylic acids is 3. The van der Waals surface area contributed by atoms with Crippen LogP contribution in [0.4, 0.5) is 0 Å². The van der Waals surface area contributed by atoms with Gasteiger partial charge < -0.3 is 20.2 Å². The standard InChI is InChI=1S/C43H71N5O4/c1-2-37(30-8-4-3-5-9-30)41(32-13-18-36(49)19-14-32)31-11-16-35(17-12-31)47-26-24-46(25-27-47)23-7-6-22-44-34-15-10-33-29-48(43(52)38(33)28-34)39-20-21-40(50)45-42(39)51/h30-36,38-39,44,49H,2-29H2,1H3,(H,45,50,51)/b41-37+. The van der Waals surface area contributed by atoms with Crippen molar-refractivity contribution in [1.29, 1.82) is 0 Å². The van der Waals surface area contributed by atoms with Gasteiger partial charge in [0.25, 0.3) is 0 Å². The normalized spacial score (nSPS) is 36.4. The van der Waals surface area contributed by atoms with Gasteiger partial charge in [0.05, 0.1) is 6.10 Å². The molecule has 52 heavy (non-hydrogen) atoms. The minimum atomic E-state index is -0.470. The highest BCUT2D eigenvalue weighted by molar-refractivity contribution is 6.02. The van der Waals surface area contributed by atoms with Gasteiger partial charge in [0.2, 0.25) is 17.7 Å². The van der Waals surface area contributed by atoms with E-state index in [0.29, 0.717) is 31.3 Å². The number of nitrogens with one attached hydrogen (secondary N) is 2. The second-order valence-corrected chi connectivity index (χ2v) is 18.1. The summed E-state index contributed by atoms with van der Waals surface area (Å²) >= 11 is 0. The molecular formula is C43H71N5O4. The maximum atomic E-state index is 13.3. The zero-order valence-electron chi connectivity index (χ0n) is 32.5.